The van der Waals surface area contributed by atoms with Crippen LogP contribution >= 0.6 is 0 Å². The van der Waals surface area contributed by atoms with Crippen molar-refractivity contribution < 1.29 is 9.59 Å². The van der Waals surface area contributed by atoms with Crippen LogP contribution in [-0.4, -0.2) is 49.4 Å². The van der Waals surface area contributed by atoms with Crippen LogP contribution in [0.1, 0.15) is 33.1 Å². The molecule has 0 bridgehead atoms. The number of para-hydroxylation sites is 1. The molecule has 1 aromatic carbocycles. The van der Waals surface area contributed by atoms with Crippen LogP contribution in [0.15, 0.2) is 30.3 Å². The van der Waals surface area contributed by atoms with E-state index < -0.39 is 0 Å². The van der Waals surface area contributed by atoms with Gasteiger partial charge in [0.05, 0.1) is 0 Å². The number of carbonyl (C=O) groups excluding carboxylic acids is 2. The summed E-state index contributed by atoms with van der Waals surface area (Å²) in [6.07, 6.45) is 1.77. The van der Waals surface area contributed by atoms with Crippen molar-refractivity contribution in [1.82, 2.24) is 10.2 Å². The van der Waals surface area contributed by atoms with Crippen LogP contribution in [0.25, 0.3) is 0 Å². The van der Waals surface area contributed by atoms with Crippen LogP contribution in [0.5, 0.6) is 0 Å². The van der Waals surface area contributed by atoms with Crippen molar-refractivity contribution in [3.05, 3.63) is 30.3 Å². The molecule has 0 aliphatic carbocycles. The Labute approximate surface area is 145 Å². The molecule has 1 heterocycles. The molecular formula is C19H29N3O2. The maximum atomic E-state index is 12.3. The van der Waals surface area contributed by atoms with Crippen molar-refractivity contribution in [2.24, 2.45) is 5.92 Å². The second kappa shape index (κ2) is 9.30. The average Bonchev–Trinajstić information content (AvgIpc) is 2.59. The summed E-state index contributed by atoms with van der Waals surface area (Å²) < 4.78 is 0. The van der Waals surface area contributed by atoms with E-state index in [1.165, 1.54) is 5.69 Å². The van der Waals surface area contributed by atoms with E-state index in [1.54, 1.807) is 0 Å². The lowest BCUT2D eigenvalue weighted by Gasteiger charge is -2.36. The van der Waals surface area contributed by atoms with Crippen LogP contribution in [0, 0.1) is 5.92 Å². The Bertz CT molecular complexity index is 523. The molecule has 24 heavy (non-hydrogen) atoms. The summed E-state index contributed by atoms with van der Waals surface area (Å²) in [6.45, 7) is 7.93. The Morgan fingerprint density at radius 2 is 1.75 bits per heavy atom. The van der Waals surface area contributed by atoms with Gasteiger partial charge in [0.1, 0.15) is 0 Å². The number of benzene rings is 1. The van der Waals surface area contributed by atoms with Crippen molar-refractivity contribution in [2.45, 2.75) is 33.1 Å². The third-order valence-electron chi connectivity index (χ3n) is 4.24. The number of nitrogens with one attached hydrogen (secondary N) is 1. The zero-order valence-corrected chi connectivity index (χ0v) is 14.8. The Kier molecular flexibility index (Phi) is 7.09. The van der Waals surface area contributed by atoms with Crippen LogP contribution < -0.4 is 10.2 Å². The monoisotopic (exact) mass is 331 g/mol. The molecule has 0 radical (unpaired) electrons. The van der Waals surface area contributed by atoms with Crippen molar-refractivity contribution in [1.29, 1.82) is 0 Å². The minimum atomic E-state index is 0.0777. The van der Waals surface area contributed by atoms with Crippen LogP contribution in [0.2, 0.25) is 0 Å². The van der Waals surface area contributed by atoms with Gasteiger partial charge in [-0.3, -0.25) is 9.59 Å². The van der Waals surface area contributed by atoms with Gasteiger partial charge in [-0.15, -0.1) is 0 Å². The first kappa shape index (κ1) is 18.3. The molecule has 0 aromatic heterocycles. The smallest absolute Gasteiger partial charge is 0.222 e. The predicted molar refractivity (Wildman–Crippen MR) is 96.9 cm³/mol. The maximum absolute atomic E-state index is 12.3. The van der Waals surface area contributed by atoms with Gasteiger partial charge in [-0.25, -0.2) is 0 Å². The normalized spacial score (nSPS) is 14.8. The SMILES string of the molecule is CC(C)CC(=O)NCCCC(=O)N1CCN(c2ccccc2)CC1. The number of hydrogen-bond donors (Lipinski definition) is 1. The highest BCUT2D eigenvalue weighted by atomic mass is 16.2. The van der Waals surface area contributed by atoms with Crippen molar-refractivity contribution >= 4 is 17.5 Å². The molecule has 0 unspecified atom stereocenters. The molecule has 2 rings (SSSR count). The highest BCUT2D eigenvalue weighted by Gasteiger charge is 2.20. The molecule has 2 amide bonds. The third-order valence-corrected chi connectivity index (χ3v) is 4.24. The summed E-state index contributed by atoms with van der Waals surface area (Å²) >= 11 is 0. The van der Waals surface area contributed by atoms with E-state index in [0.717, 1.165) is 26.2 Å². The van der Waals surface area contributed by atoms with Crippen LogP contribution in [0.3, 0.4) is 0 Å². The molecule has 1 aromatic rings. The number of nitrogens with zero attached hydrogens (tertiary/aromatic N) is 2. The number of rotatable bonds is 7. The average molecular weight is 331 g/mol. The van der Waals surface area contributed by atoms with Gasteiger partial charge in [-0.05, 0) is 24.5 Å². The quantitative estimate of drug-likeness (QED) is 0.780. The molecule has 1 saturated heterocycles. The van der Waals surface area contributed by atoms with E-state index in [-0.39, 0.29) is 11.8 Å². The molecule has 0 spiro atoms. The summed E-state index contributed by atoms with van der Waals surface area (Å²) in [4.78, 5) is 28.1. The van der Waals surface area contributed by atoms with Gasteiger partial charge < -0.3 is 15.1 Å². The van der Waals surface area contributed by atoms with E-state index in [4.69, 9.17) is 0 Å². The fraction of sp³-hybridized carbons (Fsp3) is 0.579. The maximum Gasteiger partial charge on any atom is 0.222 e. The van der Waals surface area contributed by atoms with Gasteiger partial charge in [-0.1, -0.05) is 32.0 Å². The van der Waals surface area contributed by atoms with Gasteiger partial charge >= 0.3 is 0 Å². The van der Waals surface area contributed by atoms with Gasteiger partial charge in [-0.2, -0.15) is 0 Å². The van der Waals surface area contributed by atoms with Crippen LogP contribution in [-0.2, 0) is 9.59 Å². The fourth-order valence-electron chi connectivity index (χ4n) is 2.92. The van der Waals surface area contributed by atoms with E-state index in [2.05, 4.69) is 22.3 Å². The van der Waals surface area contributed by atoms with Crippen LogP contribution in [0.4, 0.5) is 5.69 Å². The highest BCUT2D eigenvalue weighted by molar-refractivity contribution is 5.77. The van der Waals surface area contributed by atoms with Gasteiger partial charge in [0, 0.05) is 51.3 Å². The topological polar surface area (TPSA) is 52.7 Å². The number of amides is 2. The molecule has 0 saturated carbocycles. The molecule has 1 aliphatic rings. The summed E-state index contributed by atoms with van der Waals surface area (Å²) in [6, 6.07) is 10.3. The Morgan fingerprint density at radius 3 is 2.38 bits per heavy atom. The Balaban J connectivity index is 1.63. The number of piperazine rings is 1. The van der Waals surface area contributed by atoms with Crippen molar-refractivity contribution in [3.8, 4) is 0 Å². The molecule has 1 fully saturated rings. The predicted octanol–water partition coefficient (Wildman–Crippen LogP) is 2.28. The largest absolute Gasteiger partial charge is 0.368 e. The standard InChI is InChI=1S/C19H29N3O2/c1-16(2)15-18(23)20-10-6-9-19(24)22-13-11-21(12-14-22)17-7-4-3-5-8-17/h3-5,7-8,16H,6,9-15H2,1-2H3,(H,20,23). The lowest BCUT2D eigenvalue weighted by molar-refractivity contribution is -0.131. The second-order valence-electron chi connectivity index (χ2n) is 6.75. The van der Waals surface area contributed by atoms with Gasteiger partial charge in [0.2, 0.25) is 11.8 Å². The summed E-state index contributed by atoms with van der Waals surface area (Å²) in [7, 11) is 0. The van der Waals surface area contributed by atoms with E-state index in [9.17, 15) is 9.59 Å². The number of hydrogen-bond acceptors (Lipinski definition) is 3. The lowest BCUT2D eigenvalue weighted by atomic mass is 10.1. The van der Waals surface area contributed by atoms with Crippen molar-refractivity contribution in [3.63, 3.8) is 0 Å². The minimum Gasteiger partial charge on any atom is -0.368 e. The number of carbonyl (C=O) groups is 2. The molecule has 132 valence electrons. The minimum absolute atomic E-state index is 0.0777. The molecule has 1 N–H and O–H groups in total. The molecular weight excluding hydrogens is 302 g/mol. The van der Waals surface area contributed by atoms with Gasteiger partial charge in [0.15, 0.2) is 0 Å². The third kappa shape index (κ3) is 5.87. The lowest BCUT2D eigenvalue weighted by Crippen LogP contribution is -2.48. The zero-order chi connectivity index (χ0) is 17.4. The van der Waals surface area contributed by atoms with Crippen molar-refractivity contribution in [2.75, 3.05) is 37.6 Å². The van der Waals surface area contributed by atoms with Gasteiger partial charge in [0.25, 0.3) is 0 Å². The molecule has 5 nitrogen and oxygen atoms in total. The summed E-state index contributed by atoms with van der Waals surface area (Å²) in [5.74, 6) is 0.641. The molecule has 5 heteroatoms. The first-order valence-corrected chi connectivity index (χ1v) is 8.90. The summed E-state index contributed by atoms with van der Waals surface area (Å²) in [5.41, 5.74) is 1.22. The van der Waals surface area contributed by atoms with E-state index in [1.807, 2.05) is 36.9 Å². The zero-order valence-electron chi connectivity index (χ0n) is 14.8. The fourth-order valence-corrected chi connectivity index (χ4v) is 2.92. The molecule has 0 atom stereocenters. The first-order valence-electron chi connectivity index (χ1n) is 8.90. The Hall–Kier alpha value is -2.04. The van der Waals surface area contributed by atoms with E-state index in [0.29, 0.717) is 31.7 Å². The number of anilines is 1. The highest BCUT2D eigenvalue weighted by Crippen LogP contribution is 2.16. The second-order valence-corrected chi connectivity index (χ2v) is 6.75. The molecule has 1 aliphatic heterocycles. The Morgan fingerprint density at radius 1 is 1.08 bits per heavy atom. The van der Waals surface area contributed by atoms with E-state index >= 15 is 0 Å². The first-order chi connectivity index (χ1) is 11.6. The summed E-state index contributed by atoms with van der Waals surface area (Å²) in [5, 5.41) is 2.88.